The van der Waals surface area contributed by atoms with Crippen molar-refractivity contribution in [2.45, 2.75) is 25.9 Å². The number of nitrogens with zero attached hydrogens (tertiary/aromatic N) is 1. The third-order valence-electron chi connectivity index (χ3n) is 3.63. The van der Waals surface area contributed by atoms with Crippen molar-refractivity contribution >= 4 is 6.03 Å². The molecule has 1 aromatic carbocycles. The molecule has 1 saturated heterocycles. The smallest absolute Gasteiger partial charge is 0.312 e. The SMILES string of the molecule is CC(NC(N)=O)C1CCN(Cc2ccccc2)C1. The minimum absolute atomic E-state index is 0.156. The van der Waals surface area contributed by atoms with Crippen LogP contribution in [0.15, 0.2) is 30.3 Å². The minimum atomic E-state index is -0.427. The molecule has 2 amide bonds. The first-order chi connectivity index (χ1) is 8.65. The Morgan fingerprint density at radius 2 is 2.22 bits per heavy atom. The lowest BCUT2D eigenvalue weighted by Crippen LogP contribution is -2.42. The van der Waals surface area contributed by atoms with Gasteiger partial charge in [0.05, 0.1) is 0 Å². The van der Waals surface area contributed by atoms with Crippen molar-refractivity contribution in [2.24, 2.45) is 11.7 Å². The molecule has 1 aromatic rings. The van der Waals surface area contributed by atoms with Gasteiger partial charge in [-0.25, -0.2) is 4.79 Å². The largest absolute Gasteiger partial charge is 0.352 e. The number of rotatable bonds is 4. The van der Waals surface area contributed by atoms with Crippen LogP contribution in [-0.2, 0) is 6.54 Å². The average Bonchev–Trinajstić information content (AvgIpc) is 2.78. The lowest BCUT2D eigenvalue weighted by molar-refractivity contribution is 0.239. The van der Waals surface area contributed by atoms with E-state index in [0.29, 0.717) is 5.92 Å². The second kappa shape index (κ2) is 5.87. The summed E-state index contributed by atoms with van der Waals surface area (Å²) in [7, 11) is 0. The third kappa shape index (κ3) is 3.47. The van der Waals surface area contributed by atoms with Gasteiger partial charge in [0.15, 0.2) is 0 Å². The van der Waals surface area contributed by atoms with Gasteiger partial charge in [0.25, 0.3) is 0 Å². The molecule has 2 atom stereocenters. The summed E-state index contributed by atoms with van der Waals surface area (Å²) in [5.74, 6) is 0.501. The number of likely N-dealkylation sites (tertiary alicyclic amines) is 1. The number of hydrogen-bond donors (Lipinski definition) is 2. The second-order valence-corrected chi connectivity index (χ2v) is 5.07. The molecule has 0 saturated carbocycles. The Morgan fingerprint density at radius 3 is 2.89 bits per heavy atom. The fourth-order valence-electron chi connectivity index (χ4n) is 2.60. The lowest BCUT2D eigenvalue weighted by Gasteiger charge is -2.20. The molecular weight excluding hydrogens is 226 g/mol. The van der Waals surface area contributed by atoms with Crippen molar-refractivity contribution in [1.82, 2.24) is 10.2 Å². The highest BCUT2D eigenvalue weighted by atomic mass is 16.2. The van der Waals surface area contributed by atoms with Gasteiger partial charge in [-0.05, 0) is 31.4 Å². The van der Waals surface area contributed by atoms with Crippen LogP contribution in [0.2, 0.25) is 0 Å². The van der Waals surface area contributed by atoms with Gasteiger partial charge in [-0.2, -0.15) is 0 Å². The molecule has 0 spiro atoms. The number of hydrogen-bond acceptors (Lipinski definition) is 2. The molecule has 4 heteroatoms. The van der Waals surface area contributed by atoms with Gasteiger partial charge < -0.3 is 11.1 Å². The molecule has 0 radical (unpaired) electrons. The van der Waals surface area contributed by atoms with Crippen LogP contribution in [0.5, 0.6) is 0 Å². The lowest BCUT2D eigenvalue weighted by atomic mass is 10.0. The number of carbonyl (C=O) groups excluding carboxylic acids is 1. The maximum atomic E-state index is 10.8. The van der Waals surface area contributed by atoms with E-state index in [4.69, 9.17) is 5.73 Å². The van der Waals surface area contributed by atoms with E-state index in [1.54, 1.807) is 0 Å². The summed E-state index contributed by atoms with van der Waals surface area (Å²) < 4.78 is 0. The normalized spacial score (nSPS) is 21.7. The highest BCUT2D eigenvalue weighted by molar-refractivity contribution is 5.71. The van der Waals surface area contributed by atoms with Crippen LogP contribution in [0.25, 0.3) is 0 Å². The topological polar surface area (TPSA) is 58.4 Å². The quantitative estimate of drug-likeness (QED) is 0.848. The minimum Gasteiger partial charge on any atom is -0.352 e. The first-order valence-electron chi connectivity index (χ1n) is 6.47. The maximum absolute atomic E-state index is 10.8. The Morgan fingerprint density at radius 1 is 1.50 bits per heavy atom. The fraction of sp³-hybridized carbons (Fsp3) is 0.500. The fourth-order valence-corrected chi connectivity index (χ4v) is 2.60. The number of nitrogens with two attached hydrogens (primary N) is 1. The molecule has 1 heterocycles. The summed E-state index contributed by atoms with van der Waals surface area (Å²) in [6.45, 7) is 5.13. The first kappa shape index (κ1) is 12.9. The summed E-state index contributed by atoms with van der Waals surface area (Å²) in [6, 6.07) is 10.2. The second-order valence-electron chi connectivity index (χ2n) is 5.07. The zero-order chi connectivity index (χ0) is 13.0. The number of benzene rings is 1. The van der Waals surface area contributed by atoms with E-state index < -0.39 is 6.03 Å². The monoisotopic (exact) mass is 247 g/mol. The summed E-state index contributed by atoms with van der Waals surface area (Å²) in [5.41, 5.74) is 6.50. The van der Waals surface area contributed by atoms with Crippen LogP contribution in [0.1, 0.15) is 18.9 Å². The maximum Gasteiger partial charge on any atom is 0.312 e. The predicted octanol–water partition coefficient (Wildman–Crippen LogP) is 1.57. The van der Waals surface area contributed by atoms with Crippen molar-refractivity contribution in [3.63, 3.8) is 0 Å². The van der Waals surface area contributed by atoms with Gasteiger partial charge in [0.2, 0.25) is 0 Å². The number of amides is 2. The molecule has 2 unspecified atom stereocenters. The predicted molar refractivity (Wildman–Crippen MR) is 72.0 cm³/mol. The molecule has 18 heavy (non-hydrogen) atoms. The van der Waals surface area contributed by atoms with Gasteiger partial charge in [-0.3, -0.25) is 4.90 Å². The van der Waals surface area contributed by atoms with Crippen LogP contribution < -0.4 is 11.1 Å². The standard InChI is InChI=1S/C14H21N3O/c1-11(16-14(15)18)13-7-8-17(10-13)9-12-5-3-2-4-6-12/h2-6,11,13H,7-10H2,1H3,(H3,15,16,18). The van der Waals surface area contributed by atoms with Crippen LogP contribution in [0.4, 0.5) is 4.79 Å². The van der Waals surface area contributed by atoms with Crippen molar-refractivity contribution in [3.8, 4) is 0 Å². The molecule has 1 fully saturated rings. The van der Waals surface area contributed by atoms with Crippen LogP contribution >= 0.6 is 0 Å². The molecule has 1 aliphatic rings. The van der Waals surface area contributed by atoms with Crippen molar-refractivity contribution < 1.29 is 4.79 Å². The highest BCUT2D eigenvalue weighted by Gasteiger charge is 2.27. The first-order valence-corrected chi connectivity index (χ1v) is 6.47. The van der Waals surface area contributed by atoms with E-state index in [2.05, 4.69) is 34.5 Å². The molecule has 0 aliphatic carbocycles. The Kier molecular flexibility index (Phi) is 4.20. The van der Waals surface area contributed by atoms with Crippen LogP contribution in [0, 0.1) is 5.92 Å². The van der Waals surface area contributed by atoms with E-state index in [9.17, 15) is 4.79 Å². The molecule has 4 nitrogen and oxygen atoms in total. The van der Waals surface area contributed by atoms with Crippen LogP contribution in [-0.4, -0.2) is 30.1 Å². The van der Waals surface area contributed by atoms with E-state index in [0.717, 1.165) is 26.1 Å². The van der Waals surface area contributed by atoms with E-state index in [-0.39, 0.29) is 6.04 Å². The zero-order valence-corrected chi connectivity index (χ0v) is 10.8. The highest BCUT2D eigenvalue weighted by Crippen LogP contribution is 2.21. The Labute approximate surface area is 108 Å². The van der Waals surface area contributed by atoms with Crippen molar-refractivity contribution in [3.05, 3.63) is 35.9 Å². The van der Waals surface area contributed by atoms with Gasteiger partial charge in [0, 0.05) is 19.1 Å². The van der Waals surface area contributed by atoms with Crippen molar-refractivity contribution in [2.75, 3.05) is 13.1 Å². The zero-order valence-electron chi connectivity index (χ0n) is 10.8. The summed E-state index contributed by atoms with van der Waals surface area (Å²) >= 11 is 0. The van der Waals surface area contributed by atoms with Gasteiger partial charge in [-0.15, -0.1) is 0 Å². The molecule has 0 bridgehead atoms. The summed E-state index contributed by atoms with van der Waals surface area (Å²) in [5, 5.41) is 2.78. The number of nitrogens with one attached hydrogen (secondary N) is 1. The van der Waals surface area contributed by atoms with Gasteiger partial charge in [-0.1, -0.05) is 30.3 Å². The molecule has 0 aromatic heterocycles. The van der Waals surface area contributed by atoms with E-state index in [1.807, 2.05) is 13.0 Å². The Bertz CT molecular complexity index is 393. The molecule has 98 valence electrons. The molecule has 1 aliphatic heterocycles. The average molecular weight is 247 g/mol. The van der Waals surface area contributed by atoms with Gasteiger partial charge >= 0.3 is 6.03 Å². The Balaban J connectivity index is 1.83. The Hall–Kier alpha value is -1.55. The number of carbonyl (C=O) groups is 1. The van der Waals surface area contributed by atoms with Gasteiger partial charge in [0.1, 0.15) is 0 Å². The number of urea groups is 1. The van der Waals surface area contributed by atoms with Crippen molar-refractivity contribution in [1.29, 1.82) is 0 Å². The van der Waals surface area contributed by atoms with Crippen LogP contribution in [0.3, 0.4) is 0 Å². The summed E-state index contributed by atoms with van der Waals surface area (Å²) in [4.78, 5) is 13.3. The summed E-state index contributed by atoms with van der Waals surface area (Å²) in [6.07, 6.45) is 1.12. The molecule has 3 N–H and O–H groups in total. The van der Waals surface area contributed by atoms with E-state index in [1.165, 1.54) is 5.56 Å². The third-order valence-corrected chi connectivity index (χ3v) is 3.63. The molecular formula is C14H21N3O. The van der Waals surface area contributed by atoms with E-state index >= 15 is 0 Å². The molecule has 2 rings (SSSR count). The number of primary amides is 1.